The van der Waals surface area contributed by atoms with Crippen LogP contribution in [0, 0.1) is 0 Å². The van der Waals surface area contributed by atoms with Gasteiger partial charge in [-0.1, -0.05) is 83.5 Å². The highest BCUT2D eigenvalue weighted by molar-refractivity contribution is 14.1. The summed E-state index contributed by atoms with van der Waals surface area (Å²) in [5.41, 5.74) is 5.80. The second-order valence-electron chi connectivity index (χ2n) is 9.01. The fourth-order valence-electron chi connectivity index (χ4n) is 3.80. The Morgan fingerprint density at radius 3 is 1.35 bits per heavy atom. The largest absolute Gasteiger partial charge is 0.381 e. The van der Waals surface area contributed by atoms with Crippen LogP contribution in [0.1, 0.15) is 122 Å². The molecule has 0 aromatic carbocycles. The molecule has 7 N–H and O–H groups in total. The average molecular weight is 559 g/mol. The van der Waals surface area contributed by atoms with Crippen LogP contribution in [0.2, 0.25) is 0 Å². The van der Waals surface area contributed by atoms with Crippen LogP contribution in [0.4, 0.5) is 0 Å². The molecule has 3 atom stereocenters. The molecule has 31 heavy (non-hydrogen) atoms. The van der Waals surface area contributed by atoms with Crippen molar-refractivity contribution >= 4 is 22.6 Å². The van der Waals surface area contributed by atoms with E-state index in [9.17, 15) is 10.2 Å². The summed E-state index contributed by atoms with van der Waals surface area (Å²) < 4.78 is -0.475. The highest BCUT2D eigenvalue weighted by atomic mass is 127. The monoisotopic (exact) mass is 558 g/mol. The Balaban J connectivity index is 3.19. The Morgan fingerprint density at radius 2 is 0.935 bits per heavy atom. The molecule has 0 amide bonds. The molecule has 0 heterocycles. The molecule has 188 valence electrons. The molecule has 0 aliphatic heterocycles. The second-order valence-corrected chi connectivity index (χ2v) is 10.3. The van der Waals surface area contributed by atoms with Gasteiger partial charge in [-0.05, 0) is 67.7 Å². The molecule has 3 unspecified atom stereocenters. The number of aliphatic hydroxyl groups excluding tert-OH is 3. The summed E-state index contributed by atoms with van der Waals surface area (Å²) in [6.07, 6.45) is 20.0. The Bertz CT molecular complexity index is 362. The lowest BCUT2D eigenvalue weighted by Crippen LogP contribution is -2.31. The van der Waals surface area contributed by atoms with Crippen molar-refractivity contribution in [3.05, 3.63) is 0 Å². The minimum Gasteiger partial charge on any atom is -0.381 e. The Morgan fingerprint density at radius 1 is 0.548 bits per heavy atom. The first-order valence-corrected chi connectivity index (χ1v) is 14.0. The van der Waals surface area contributed by atoms with Gasteiger partial charge in [-0.25, -0.2) is 0 Å². The fraction of sp³-hybridized carbons (Fsp3) is 1.00. The van der Waals surface area contributed by atoms with Crippen LogP contribution < -0.4 is 11.1 Å². The maximum atomic E-state index is 9.97. The topological polar surface area (TPSA) is 119 Å². The number of hydrogen-bond acceptors (Lipinski definition) is 6. The third-order valence-corrected chi connectivity index (χ3v) is 6.81. The van der Waals surface area contributed by atoms with Crippen LogP contribution in [0.25, 0.3) is 0 Å². The van der Waals surface area contributed by atoms with Gasteiger partial charge in [0.1, 0.15) is 10.3 Å². The molecule has 6 nitrogen and oxygen atoms in total. The summed E-state index contributed by atoms with van der Waals surface area (Å²) in [5.74, 6) is 0. The van der Waals surface area contributed by atoms with Crippen molar-refractivity contribution in [3.8, 4) is 0 Å². The van der Waals surface area contributed by atoms with Crippen molar-refractivity contribution in [2.45, 2.75) is 145 Å². The fourth-order valence-corrected chi connectivity index (χ4v) is 4.16. The highest BCUT2D eigenvalue weighted by Crippen LogP contribution is 2.14. The van der Waals surface area contributed by atoms with Crippen molar-refractivity contribution in [3.63, 3.8) is 0 Å². The van der Waals surface area contributed by atoms with E-state index in [2.05, 4.69) is 5.32 Å². The lowest BCUT2D eigenvalue weighted by molar-refractivity contribution is -0.0466. The third kappa shape index (κ3) is 25.0. The zero-order valence-electron chi connectivity index (χ0n) is 19.7. The molecular weight excluding hydrogens is 507 g/mol. The van der Waals surface area contributed by atoms with Gasteiger partial charge in [0.25, 0.3) is 0 Å². The number of hydrogen-bond donors (Lipinski definition) is 6. The molecule has 0 saturated carbocycles. The molecule has 0 fully saturated rings. The number of nitrogens with two attached hydrogens (primary N) is 1. The van der Waals surface area contributed by atoms with E-state index >= 15 is 0 Å². The predicted octanol–water partition coefficient (Wildman–Crippen LogP) is 4.70. The van der Waals surface area contributed by atoms with Gasteiger partial charge >= 0.3 is 0 Å². The molecule has 0 rings (SSSR count). The second kappa shape index (κ2) is 23.6. The van der Waals surface area contributed by atoms with E-state index in [1.54, 1.807) is 0 Å². The minimum atomic E-state index is -1.13. The van der Waals surface area contributed by atoms with E-state index in [4.69, 9.17) is 15.9 Å². The Kier molecular flexibility index (Phi) is 24.0. The summed E-state index contributed by atoms with van der Waals surface area (Å²) in [5, 5.41) is 40.0. The molecule has 0 saturated heterocycles. The van der Waals surface area contributed by atoms with E-state index in [1.807, 2.05) is 22.6 Å². The van der Waals surface area contributed by atoms with Crippen LogP contribution in [0.15, 0.2) is 0 Å². The van der Waals surface area contributed by atoms with Crippen molar-refractivity contribution < 1.29 is 20.4 Å². The third-order valence-electron chi connectivity index (χ3n) is 5.89. The Labute approximate surface area is 204 Å². The zero-order chi connectivity index (χ0) is 23.2. The van der Waals surface area contributed by atoms with E-state index < -0.39 is 16.6 Å². The summed E-state index contributed by atoms with van der Waals surface area (Å²) in [6.45, 7) is 0.805. The number of aliphatic hydroxyl groups is 4. The highest BCUT2D eigenvalue weighted by Gasteiger charge is 2.10. The first-order valence-electron chi connectivity index (χ1n) is 12.8. The molecule has 0 aromatic heterocycles. The van der Waals surface area contributed by atoms with Crippen LogP contribution in [-0.4, -0.2) is 49.6 Å². The van der Waals surface area contributed by atoms with Crippen molar-refractivity contribution in [1.82, 2.24) is 5.32 Å². The van der Waals surface area contributed by atoms with Gasteiger partial charge in [-0.15, -0.1) is 0 Å². The molecular formula is C24H51IN2O4. The van der Waals surface area contributed by atoms with Gasteiger partial charge in [-0.2, -0.15) is 0 Å². The minimum absolute atomic E-state index is 0.152. The maximum Gasteiger partial charge on any atom is 0.151 e. The van der Waals surface area contributed by atoms with Gasteiger partial charge in [0.2, 0.25) is 0 Å². The molecule has 0 bridgehead atoms. The molecule has 0 aromatic rings. The van der Waals surface area contributed by atoms with Gasteiger partial charge in [-0.3, -0.25) is 5.32 Å². The van der Waals surface area contributed by atoms with Crippen LogP contribution in [-0.2, 0) is 0 Å². The van der Waals surface area contributed by atoms with E-state index in [-0.39, 0.29) is 6.04 Å². The SMILES string of the molecule is NC(CCCCNC(O)CCCCCCCCCCCCCCCCC(O)O)C(O)I. The van der Waals surface area contributed by atoms with Crippen molar-refractivity contribution in [1.29, 1.82) is 0 Å². The van der Waals surface area contributed by atoms with Crippen LogP contribution in [0.5, 0.6) is 0 Å². The summed E-state index contributed by atoms with van der Waals surface area (Å²) in [4.78, 5) is 0. The molecule has 0 spiro atoms. The molecule has 0 aliphatic carbocycles. The van der Waals surface area contributed by atoms with E-state index in [0.29, 0.717) is 6.42 Å². The van der Waals surface area contributed by atoms with Crippen LogP contribution >= 0.6 is 22.6 Å². The van der Waals surface area contributed by atoms with Crippen molar-refractivity contribution in [2.75, 3.05) is 6.54 Å². The van der Waals surface area contributed by atoms with Gasteiger partial charge in [0, 0.05) is 6.04 Å². The summed E-state index contributed by atoms with van der Waals surface area (Å²) in [7, 11) is 0. The Hall–Kier alpha value is 0.490. The van der Waals surface area contributed by atoms with E-state index in [1.165, 1.54) is 70.6 Å². The first kappa shape index (κ1) is 31.5. The summed E-state index contributed by atoms with van der Waals surface area (Å²) in [6, 6.07) is -0.152. The molecule has 7 heteroatoms. The van der Waals surface area contributed by atoms with E-state index in [0.717, 1.165) is 51.5 Å². The van der Waals surface area contributed by atoms with Crippen molar-refractivity contribution in [2.24, 2.45) is 5.73 Å². The quantitative estimate of drug-likeness (QED) is 0.0443. The van der Waals surface area contributed by atoms with Gasteiger partial charge < -0.3 is 26.2 Å². The smallest absolute Gasteiger partial charge is 0.151 e. The standard InChI is InChI=1S/C24H51IN2O4/c25-24(31)21(26)17-15-16-20-27-22(28)18-13-11-9-7-5-3-1-2-4-6-8-10-12-14-19-23(29)30/h21-24,27-31H,1-20,26H2. The zero-order valence-corrected chi connectivity index (χ0v) is 21.9. The van der Waals surface area contributed by atoms with Gasteiger partial charge in [0.15, 0.2) is 6.29 Å². The number of rotatable bonds is 24. The number of nitrogens with one attached hydrogen (secondary N) is 1. The average Bonchev–Trinajstić information content (AvgIpc) is 2.72. The first-order chi connectivity index (χ1) is 14.9. The molecule has 0 radical (unpaired) electrons. The lowest BCUT2D eigenvalue weighted by Gasteiger charge is -2.15. The molecule has 0 aliphatic rings. The maximum absolute atomic E-state index is 9.97. The lowest BCUT2D eigenvalue weighted by atomic mass is 10.0. The number of halogens is 1. The predicted molar refractivity (Wildman–Crippen MR) is 138 cm³/mol. The van der Waals surface area contributed by atoms with Crippen LogP contribution in [0.3, 0.4) is 0 Å². The summed E-state index contributed by atoms with van der Waals surface area (Å²) >= 11 is 1.95. The normalized spacial score (nSPS) is 14.8. The number of unbranched alkanes of at least 4 members (excludes halogenated alkanes) is 14. The number of alkyl halides is 1. The van der Waals surface area contributed by atoms with Gasteiger partial charge in [0.05, 0.1) is 0 Å².